The molecule has 3 aromatic carbocycles. The van der Waals surface area contributed by atoms with Gasteiger partial charge in [-0.3, -0.25) is 4.79 Å². The average Bonchev–Trinajstić information content (AvgIpc) is 2.92. The molecule has 0 heterocycles. The minimum atomic E-state index is -0.938. The lowest BCUT2D eigenvalue weighted by molar-refractivity contribution is -0.137. The molecule has 0 aliphatic carbocycles. The molecule has 0 aliphatic heterocycles. The number of allylic oxidation sites excluding steroid dienone is 1. The van der Waals surface area contributed by atoms with Gasteiger partial charge in [-0.05, 0) is 80.2 Å². The zero-order valence-electron chi connectivity index (χ0n) is 21.9. The van der Waals surface area contributed by atoms with Crippen LogP contribution in [0.5, 0.6) is 5.75 Å². The zero-order valence-corrected chi connectivity index (χ0v) is 21.9. The quantitative estimate of drug-likeness (QED) is 0.180. The molecule has 0 spiro atoms. The minimum Gasteiger partial charge on any atom is -0.493 e. The molecule has 200 valence electrons. The number of rotatable bonds is 17. The van der Waals surface area contributed by atoms with Gasteiger partial charge >= 0.3 is 11.9 Å². The molecule has 5 nitrogen and oxygen atoms in total. The molecular formula is C33H38O5. The van der Waals surface area contributed by atoms with Crippen LogP contribution in [0.25, 0.3) is 6.08 Å². The van der Waals surface area contributed by atoms with Crippen molar-refractivity contribution in [3.8, 4) is 5.75 Å². The fraction of sp³-hybridized carbons (Fsp3) is 0.333. The van der Waals surface area contributed by atoms with E-state index in [1.54, 1.807) is 18.2 Å². The summed E-state index contributed by atoms with van der Waals surface area (Å²) < 4.78 is 6.13. The van der Waals surface area contributed by atoms with Gasteiger partial charge in [-0.25, -0.2) is 4.79 Å². The average molecular weight is 515 g/mol. The zero-order chi connectivity index (χ0) is 27.0. The molecule has 3 rings (SSSR count). The van der Waals surface area contributed by atoms with Crippen LogP contribution in [0.2, 0.25) is 0 Å². The first-order valence-corrected chi connectivity index (χ1v) is 13.5. The molecule has 1 atom stereocenters. The number of aromatic carboxylic acids is 1. The molecular weight excluding hydrogens is 476 g/mol. The van der Waals surface area contributed by atoms with Crippen molar-refractivity contribution >= 4 is 18.0 Å². The Hall–Kier alpha value is -3.86. The number of carboxylic acids is 2. The lowest BCUT2D eigenvalue weighted by Crippen LogP contribution is -2.05. The third kappa shape index (κ3) is 10.6. The number of ether oxygens (including phenoxy) is 1. The summed E-state index contributed by atoms with van der Waals surface area (Å²) in [5.41, 5.74) is 3.61. The van der Waals surface area contributed by atoms with Gasteiger partial charge in [-0.1, -0.05) is 79.2 Å². The van der Waals surface area contributed by atoms with Crippen LogP contribution in [0.4, 0.5) is 0 Å². The van der Waals surface area contributed by atoms with Crippen molar-refractivity contribution in [2.24, 2.45) is 5.92 Å². The van der Waals surface area contributed by atoms with E-state index < -0.39 is 11.9 Å². The molecule has 1 unspecified atom stereocenters. The molecule has 0 fully saturated rings. The van der Waals surface area contributed by atoms with E-state index in [1.807, 2.05) is 36.4 Å². The highest BCUT2D eigenvalue weighted by Gasteiger charge is 2.11. The molecule has 2 N–H and O–H groups in total. The largest absolute Gasteiger partial charge is 0.493 e. The van der Waals surface area contributed by atoms with Gasteiger partial charge in [0.05, 0.1) is 12.2 Å². The van der Waals surface area contributed by atoms with E-state index >= 15 is 0 Å². The van der Waals surface area contributed by atoms with Gasteiger partial charge in [0.1, 0.15) is 5.75 Å². The van der Waals surface area contributed by atoms with Crippen molar-refractivity contribution in [2.45, 2.75) is 57.8 Å². The Kier molecular flexibility index (Phi) is 12.1. The van der Waals surface area contributed by atoms with Crippen molar-refractivity contribution < 1.29 is 24.5 Å². The minimum absolute atomic E-state index is 0.152. The number of hydrogen-bond acceptors (Lipinski definition) is 3. The number of hydrogen-bond donors (Lipinski definition) is 2. The monoisotopic (exact) mass is 514 g/mol. The molecule has 0 radical (unpaired) electrons. The Balaban J connectivity index is 1.57. The van der Waals surface area contributed by atoms with Crippen molar-refractivity contribution in [1.82, 2.24) is 0 Å². The number of benzene rings is 3. The maximum atomic E-state index is 11.4. The van der Waals surface area contributed by atoms with Crippen LogP contribution in [0, 0.1) is 5.92 Å². The van der Waals surface area contributed by atoms with Crippen molar-refractivity contribution in [3.63, 3.8) is 0 Å². The molecule has 0 saturated carbocycles. The van der Waals surface area contributed by atoms with Crippen molar-refractivity contribution in [3.05, 3.63) is 107 Å². The molecule has 3 aromatic rings. The van der Waals surface area contributed by atoms with Crippen LogP contribution in [0.15, 0.2) is 84.9 Å². The second-order valence-electron chi connectivity index (χ2n) is 9.65. The number of aliphatic carboxylic acids is 1. The van der Waals surface area contributed by atoms with Crippen LogP contribution in [-0.4, -0.2) is 28.8 Å². The Morgan fingerprint density at radius 3 is 2.34 bits per heavy atom. The van der Waals surface area contributed by atoms with E-state index in [2.05, 4.69) is 36.4 Å². The van der Waals surface area contributed by atoms with E-state index in [4.69, 9.17) is 9.84 Å². The van der Waals surface area contributed by atoms with Gasteiger partial charge in [-0.15, -0.1) is 0 Å². The highest BCUT2D eigenvalue weighted by molar-refractivity contribution is 5.87. The Labute approximate surface area is 225 Å². The smallest absolute Gasteiger partial charge is 0.335 e. The number of para-hydroxylation sites is 1. The second-order valence-corrected chi connectivity index (χ2v) is 9.65. The van der Waals surface area contributed by atoms with E-state index in [0.29, 0.717) is 19.4 Å². The molecule has 0 bridgehead atoms. The summed E-state index contributed by atoms with van der Waals surface area (Å²) in [5.74, 6) is -0.716. The van der Waals surface area contributed by atoms with Gasteiger partial charge in [0, 0.05) is 12.0 Å². The van der Waals surface area contributed by atoms with Crippen LogP contribution in [0.3, 0.4) is 0 Å². The number of carboxylic acid groups (broad SMARTS) is 2. The molecule has 38 heavy (non-hydrogen) atoms. The predicted octanol–water partition coefficient (Wildman–Crippen LogP) is 7.69. The van der Waals surface area contributed by atoms with E-state index in [9.17, 15) is 14.7 Å². The molecule has 0 aromatic heterocycles. The maximum absolute atomic E-state index is 11.4. The summed E-state index contributed by atoms with van der Waals surface area (Å²) in [7, 11) is 0. The first kappa shape index (κ1) is 28.7. The fourth-order valence-electron chi connectivity index (χ4n) is 4.51. The highest BCUT2D eigenvalue weighted by atomic mass is 16.5. The summed E-state index contributed by atoms with van der Waals surface area (Å²) >= 11 is 0. The Morgan fingerprint density at radius 2 is 1.55 bits per heavy atom. The van der Waals surface area contributed by atoms with Gasteiger partial charge in [0.15, 0.2) is 0 Å². The standard InChI is InChI=1S/C33H38O5/c34-32(35)20-9-6-15-27(24-28-16-11-18-30(25-28)33(36)37)21-22-29-17-7-8-19-31(29)38-23-10-2-5-14-26-12-3-1-4-13-26/h1,3-4,7-8,11-13,16-19,21-22,25,27H,2,5-6,9-10,14-15,20,23-24H2,(H,34,35)(H,36,37)/b22-21+. The summed E-state index contributed by atoms with van der Waals surface area (Å²) in [6, 6.07) is 25.6. The summed E-state index contributed by atoms with van der Waals surface area (Å²) in [5, 5.41) is 18.3. The SMILES string of the molecule is O=C(O)CCCCC(/C=C/c1ccccc1OCCCCCc1ccccc1)Cc1cccc(C(=O)O)c1. The fourth-order valence-corrected chi connectivity index (χ4v) is 4.51. The number of unbranched alkanes of at least 4 members (excludes halogenated alkanes) is 3. The second kappa shape index (κ2) is 16.1. The van der Waals surface area contributed by atoms with Crippen molar-refractivity contribution in [1.29, 1.82) is 0 Å². The maximum Gasteiger partial charge on any atom is 0.335 e. The lowest BCUT2D eigenvalue weighted by Gasteiger charge is -2.14. The van der Waals surface area contributed by atoms with Gasteiger partial charge in [-0.2, -0.15) is 0 Å². The molecule has 0 amide bonds. The summed E-state index contributed by atoms with van der Waals surface area (Å²) in [6.45, 7) is 0.667. The van der Waals surface area contributed by atoms with E-state index in [-0.39, 0.29) is 17.9 Å². The molecule has 0 saturated heterocycles. The third-order valence-corrected chi connectivity index (χ3v) is 6.56. The lowest BCUT2D eigenvalue weighted by atomic mass is 9.92. The molecule has 5 heteroatoms. The topological polar surface area (TPSA) is 83.8 Å². The first-order valence-electron chi connectivity index (χ1n) is 13.5. The van der Waals surface area contributed by atoms with Gasteiger partial charge in [0.25, 0.3) is 0 Å². The summed E-state index contributed by atoms with van der Waals surface area (Å²) in [4.78, 5) is 22.3. The van der Waals surface area contributed by atoms with Gasteiger partial charge < -0.3 is 14.9 Å². The van der Waals surface area contributed by atoms with Crippen LogP contribution in [-0.2, 0) is 17.6 Å². The van der Waals surface area contributed by atoms with Crippen LogP contribution < -0.4 is 4.74 Å². The van der Waals surface area contributed by atoms with E-state index in [1.165, 1.54) is 5.56 Å². The predicted molar refractivity (Wildman–Crippen MR) is 152 cm³/mol. The third-order valence-electron chi connectivity index (χ3n) is 6.56. The van der Waals surface area contributed by atoms with Crippen LogP contribution in [0.1, 0.15) is 72.0 Å². The molecule has 0 aliphatic rings. The van der Waals surface area contributed by atoms with Crippen molar-refractivity contribution in [2.75, 3.05) is 6.61 Å². The van der Waals surface area contributed by atoms with Crippen LogP contribution >= 0.6 is 0 Å². The van der Waals surface area contributed by atoms with E-state index in [0.717, 1.165) is 55.4 Å². The number of carbonyl (C=O) groups is 2. The normalized spacial score (nSPS) is 11.9. The highest BCUT2D eigenvalue weighted by Crippen LogP contribution is 2.24. The first-order chi connectivity index (χ1) is 18.5. The Bertz CT molecular complexity index is 1170. The summed E-state index contributed by atoms with van der Waals surface area (Å²) in [6.07, 6.45) is 11.7. The Morgan fingerprint density at radius 1 is 0.789 bits per heavy atom. The number of aryl methyl sites for hydroxylation is 1. The van der Waals surface area contributed by atoms with Gasteiger partial charge in [0.2, 0.25) is 0 Å².